The molecule has 0 radical (unpaired) electrons. The van der Waals surface area contributed by atoms with E-state index < -0.39 is 0 Å². The summed E-state index contributed by atoms with van der Waals surface area (Å²) in [5.74, 6) is 2.34. The third-order valence-corrected chi connectivity index (χ3v) is 15.6. The van der Waals surface area contributed by atoms with E-state index in [1.54, 1.807) is 0 Å². The van der Waals surface area contributed by atoms with Gasteiger partial charge in [-0.1, -0.05) is 152 Å². The van der Waals surface area contributed by atoms with Crippen molar-refractivity contribution in [3.05, 3.63) is 240 Å². The molecule has 14 rings (SSSR count). The van der Waals surface area contributed by atoms with E-state index in [9.17, 15) is 0 Å². The van der Waals surface area contributed by atoms with Crippen LogP contribution in [-0.2, 0) is 0 Å². The minimum Gasteiger partial charge on any atom is -0.305 e. The average molecular weight is 965 g/mol. The van der Waals surface area contributed by atoms with Gasteiger partial charge in [-0.2, -0.15) is 0 Å². The first-order chi connectivity index (χ1) is 36.7. The molecule has 6 heteroatoms. The number of aryl methyl sites for hydroxylation is 6. The van der Waals surface area contributed by atoms with E-state index in [0.29, 0.717) is 5.82 Å². The van der Waals surface area contributed by atoms with E-state index in [1.165, 1.54) is 65.7 Å². The van der Waals surface area contributed by atoms with E-state index in [-0.39, 0.29) is 0 Å². The summed E-state index contributed by atoms with van der Waals surface area (Å²) >= 11 is 0. The second kappa shape index (κ2) is 17.1. The smallest absolute Gasteiger partial charge is 0.165 e. The van der Waals surface area contributed by atoms with Gasteiger partial charge in [-0.05, 0) is 135 Å². The minimum absolute atomic E-state index is 0.677. The normalized spacial score (nSPS) is 11.9. The van der Waals surface area contributed by atoms with Gasteiger partial charge >= 0.3 is 0 Å². The molecule has 0 atom stereocenters. The van der Waals surface area contributed by atoms with Crippen LogP contribution >= 0.6 is 0 Å². The topological polar surface area (TPSA) is 53.5 Å². The van der Waals surface area contributed by atoms with Crippen LogP contribution in [0.25, 0.3) is 128 Å². The monoisotopic (exact) mass is 964 g/mol. The van der Waals surface area contributed by atoms with Crippen molar-refractivity contribution in [1.82, 2.24) is 28.7 Å². The second-order valence-corrected chi connectivity index (χ2v) is 20.3. The Kier molecular flexibility index (Phi) is 10.1. The number of pyridine rings is 1. The highest BCUT2D eigenvalue weighted by Crippen LogP contribution is 2.46. The molecule has 5 aromatic heterocycles. The Morgan fingerprint density at radius 2 is 0.640 bits per heavy atom. The molecule has 6 nitrogen and oxygen atoms in total. The Labute approximate surface area is 435 Å². The minimum atomic E-state index is 0.677. The van der Waals surface area contributed by atoms with E-state index in [4.69, 9.17) is 15.0 Å². The molecular formula is C69H52N6. The lowest BCUT2D eigenvalue weighted by Crippen LogP contribution is -2.11. The van der Waals surface area contributed by atoms with E-state index in [1.807, 2.05) is 24.3 Å². The third-order valence-electron chi connectivity index (χ3n) is 15.6. The summed E-state index contributed by atoms with van der Waals surface area (Å²) in [6.45, 7) is 13.4. The molecular weight excluding hydrogens is 913 g/mol. The van der Waals surface area contributed by atoms with Crippen LogP contribution in [0, 0.1) is 41.5 Å². The number of aromatic nitrogens is 6. The lowest BCUT2D eigenvalue weighted by atomic mass is 9.99. The molecule has 0 amide bonds. The maximum atomic E-state index is 6.13. The molecule has 0 saturated heterocycles. The molecule has 358 valence electrons. The Hall–Kier alpha value is -9.39. The van der Waals surface area contributed by atoms with Crippen LogP contribution < -0.4 is 0 Å². The van der Waals surface area contributed by atoms with E-state index >= 15 is 0 Å². The Bertz CT molecular complexity index is 4410. The predicted molar refractivity (Wildman–Crippen MR) is 313 cm³/mol. The second-order valence-electron chi connectivity index (χ2n) is 20.3. The highest BCUT2D eigenvalue weighted by atomic mass is 15.2. The fourth-order valence-corrected chi connectivity index (χ4v) is 12.2. The van der Waals surface area contributed by atoms with Crippen LogP contribution in [-0.4, -0.2) is 28.7 Å². The molecule has 9 aromatic carbocycles. The average Bonchev–Trinajstić information content (AvgIpc) is 4.22. The van der Waals surface area contributed by atoms with Crippen molar-refractivity contribution in [2.75, 3.05) is 0 Å². The first kappa shape index (κ1) is 44.3. The van der Waals surface area contributed by atoms with E-state index in [0.717, 1.165) is 89.6 Å². The van der Waals surface area contributed by atoms with Crippen molar-refractivity contribution >= 4 is 65.4 Å². The summed E-state index contributed by atoms with van der Waals surface area (Å²) < 4.78 is 7.36. The molecule has 0 bridgehead atoms. The van der Waals surface area contributed by atoms with Crippen LogP contribution in [0.3, 0.4) is 0 Å². The lowest BCUT2D eigenvalue weighted by Gasteiger charge is -2.22. The van der Waals surface area contributed by atoms with Gasteiger partial charge in [0.05, 0.1) is 50.2 Å². The molecule has 14 aromatic rings. The Balaban J connectivity index is 1.18. The highest BCUT2D eigenvalue weighted by Gasteiger charge is 2.28. The lowest BCUT2D eigenvalue weighted by molar-refractivity contribution is 0.984. The fourth-order valence-electron chi connectivity index (χ4n) is 12.2. The Morgan fingerprint density at radius 3 is 1.09 bits per heavy atom. The quantitative estimate of drug-likeness (QED) is 0.160. The standard InChI is InChI=1S/C69H52N6/c1-41-20-13-32-54-61(41)62-42(2)21-14-33-55(62)73(54)60-39-51(49-30-19-31-50(38-49)53-40-52(47-26-9-7-10-27-47)70-68(71-53)48-28-11-8-12-29-48)67(74-56-34-15-22-43(3)63(56)64-44(4)23-16-35-57(64)74)69(72-60)75-58-36-17-24-45(5)65(58)66-46(6)25-18-37-59(66)75/h7-40H,1-6H3. The van der Waals surface area contributed by atoms with Crippen LogP contribution in [0.15, 0.2) is 206 Å². The van der Waals surface area contributed by atoms with Crippen molar-refractivity contribution < 1.29 is 0 Å². The predicted octanol–water partition coefficient (Wildman–Crippen LogP) is 17.7. The van der Waals surface area contributed by atoms with Crippen LogP contribution in [0.5, 0.6) is 0 Å². The van der Waals surface area contributed by atoms with Crippen LogP contribution in [0.2, 0.25) is 0 Å². The van der Waals surface area contributed by atoms with Gasteiger partial charge in [-0.25, -0.2) is 15.0 Å². The van der Waals surface area contributed by atoms with Crippen molar-refractivity contribution in [1.29, 1.82) is 0 Å². The first-order valence-electron chi connectivity index (χ1n) is 25.9. The van der Waals surface area contributed by atoms with Gasteiger partial charge in [0.1, 0.15) is 5.82 Å². The number of benzene rings is 9. The molecule has 0 aliphatic carbocycles. The largest absolute Gasteiger partial charge is 0.305 e. The van der Waals surface area contributed by atoms with Gasteiger partial charge < -0.3 is 4.57 Å². The first-order valence-corrected chi connectivity index (χ1v) is 25.9. The summed E-state index contributed by atoms with van der Waals surface area (Å²) in [6, 6.07) is 74.3. The van der Waals surface area contributed by atoms with Crippen molar-refractivity contribution in [2.45, 2.75) is 41.5 Å². The fraction of sp³-hybridized carbons (Fsp3) is 0.0870. The molecule has 0 aliphatic rings. The molecule has 75 heavy (non-hydrogen) atoms. The van der Waals surface area contributed by atoms with E-state index in [2.05, 4.69) is 237 Å². The number of rotatable bonds is 7. The molecule has 0 fully saturated rings. The van der Waals surface area contributed by atoms with Gasteiger partial charge in [0.25, 0.3) is 0 Å². The van der Waals surface area contributed by atoms with Crippen LogP contribution in [0.1, 0.15) is 33.4 Å². The van der Waals surface area contributed by atoms with Gasteiger partial charge in [-0.15, -0.1) is 0 Å². The summed E-state index contributed by atoms with van der Waals surface area (Å²) in [6.07, 6.45) is 0. The molecule has 0 spiro atoms. The van der Waals surface area contributed by atoms with Gasteiger partial charge in [0.2, 0.25) is 0 Å². The summed E-state index contributed by atoms with van der Waals surface area (Å²) in [4.78, 5) is 16.7. The van der Waals surface area contributed by atoms with Crippen molar-refractivity contribution in [3.63, 3.8) is 0 Å². The zero-order chi connectivity index (χ0) is 50.6. The van der Waals surface area contributed by atoms with Gasteiger partial charge in [0, 0.05) is 54.6 Å². The Morgan fingerprint density at radius 1 is 0.280 bits per heavy atom. The van der Waals surface area contributed by atoms with Crippen molar-refractivity contribution in [3.8, 4) is 62.4 Å². The zero-order valence-corrected chi connectivity index (χ0v) is 42.8. The molecule has 0 saturated carbocycles. The maximum Gasteiger partial charge on any atom is 0.165 e. The summed E-state index contributed by atoms with van der Waals surface area (Å²) in [5, 5.41) is 7.43. The SMILES string of the molecule is Cc1cccc2c1c1c(C)cccc1n2-c1cc(-c2cccc(-c3cc(-c4ccccc4)nc(-c4ccccc4)n3)c2)c(-n2c3cccc(C)c3c3c(C)cccc32)c(-n2c3cccc(C)c3c3c(C)cccc32)n1. The van der Waals surface area contributed by atoms with Gasteiger partial charge in [0.15, 0.2) is 11.6 Å². The maximum absolute atomic E-state index is 6.13. The van der Waals surface area contributed by atoms with Crippen molar-refractivity contribution in [2.24, 2.45) is 0 Å². The number of nitrogens with zero attached hydrogens (tertiary/aromatic N) is 6. The number of hydrogen-bond acceptors (Lipinski definition) is 3. The summed E-state index contributed by atoms with van der Waals surface area (Å²) in [7, 11) is 0. The highest BCUT2D eigenvalue weighted by molar-refractivity contribution is 6.16. The molecule has 0 N–H and O–H groups in total. The molecule has 0 aliphatic heterocycles. The number of fused-ring (bicyclic) bond motifs is 9. The number of hydrogen-bond donors (Lipinski definition) is 0. The van der Waals surface area contributed by atoms with Crippen LogP contribution in [0.4, 0.5) is 0 Å². The summed E-state index contributed by atoms with van der Waals surface area (Å²) in [5.41, 5.74) is 21.8. The third kappa shape index (κ3) is 6.83. The zero-order valence-electron chi connectivity index (χ0n) is 42.8. The van der Waals surface area contributed by atoms with Gasteiger partial charge in [-0.3, -0.25) is 9.13 Å². The molecule has 5 heterocycles. The molecule has 0 unspecified atom stereocenters.